The molecule has 2 rings (SSSR count). The van der Waals surface area contributed by atoms with E-state index in [9.17, 15) is 4.79 Å². The number of halogens is 1. The first-order valence-electron chi connectivity index (χ1n) is 6.00. The number of anilines is 1. The average molecular weight is 310 g/mol. The van der Waals surface area contributed by atoms with Gasteiger partial charge in [-0.25, -0.2) is 4.79 Å². The summed E-state index contributed by atoms with van der Waals surface area (Å²) in [6, 6.07) is 6.33. The molecule has 1 aliphatic rings. The highest BCUT2D eigenvalue weighted by Gasteiger charge is 2.15. The number of rotatable bonds is 2. The van der Waals surface area contributed by atoms with Crippen LogP contribution in [0.1, 0.15) is 18.4 Å². The van der Waals surface area contributed by atoms with Crippen molar-refractivity contribution >= 4 is 27.6 Å². The fourth-order valence-corrected chi connectivity index (χ4v) is 2.44. The highest BCUT2D eigenvalue weighted by molar-refractivity contribution is 9.10. The first-order chi connectivity index (χ1) is 8.56. The lowest BCUT2D eigenvalue weighted by molar-refractivity contribution is -0.131. The summed E-state index contributed by atoms with van der Waals surface area (Å²) in [7, 11) is 0. The second-order valence-electron chi connectivity index (χ2n) is 4.56. The van der Waals surface area contributed by atoms with E-state index in [4.69, 9.17) is 5.11 Å². The first kappa shape index (κ1) is 13.1. The molecule has 1 saturated heterocycles. The highest BCUT2D eigenvalue weighted by atomic mass is 79.9. The van der Waals surface area contributed by atoms with Crippen LogP contribution in [0.4, 0.5) is 5.69 Å². The van der Waals surface area contributed by atoms with E-state index in [-0.39, 0.29) is 0 Å². The van der Waals surface area contributed by atoms with Crippen molar-refractivity contribution in [3.8, 4) is 0 Å². The topological polar surface area (TPSA) is 40.5 Å². The van der Waals surface area contributed by atoms with Gasteiger partial charge in [0.15, 0.2) is 0 Å². The molecule has 0 spiro atoms. The molecule has 3 nitrogen and oxygen atoms in total. The van der Waals surface area contributed by atoms with Crippen LogP contribution in [0, 0.1) is 6.92 Å². The average Bonchev–Trinajstić information content (AvgIpc) is 2.33. The van der Waals surface area contributed by atoms with Gasteiger partial charge in [-0.2, -0.15) is 0 Å². The molecule has 1 aromatic carbocycles. The lowest BCUT2D eigenvalue weighted by atomic mass is 10.0. The van der Waals surface area contributed by atoms with Crippen molar-refractivity contribution < 1.29 is 9.90 Å². The van der Waals surface area contributed by atoms with Gasteiger partial charge in [0, 0.05) is 29.3 Å². The van der Waals surface area contributed by atoms with E-state index in [1.54, 1.807) is 0 Å². The zero-order chi connectivity index (χ0) is 13.1. The molecule has 18 heavy (non-hydrogen) atoms. The number of aliphatic carboxylic acids is 1. The van der Waals surface area contributed by atoms with Crippen LogP contribution in [0.5, 0.6) is 0 Å². The monoisotopic (exact) mass is 309 g/mol. The van der Waals surface area contributed by atoms with Crippen LogP contribution in [0.25, 0.3) is 0 Å². The Bertz CT molecular complexity index is 487. The minimum Gasteiger partial charge on any atom is -0.478 e. The number of carboxylic acids is 1. The number of carboxylic acid groups (broad SMARTS) is 1. The molecule has 96 valence electrons. The fraction of sp³-hybridized carbons (Fsp3) is 0.357. The zero-order valence-electron chi connectivity index (χ0n) is 10.3. The quantitative estimate of drug-likeness (QED) is 0.852. The molecule has 0 amide bonds. The van der Waals surface area contributed by atoms with Gasteiger partial charge in [-0.1, -0.05) is 21.5 Å². The van der Waals surface area contributed by atoms with E-state index in [0.717, 1.165) is 36.0 Å². The third-order valence-electron chi connectivity index (χ3n) is 3.24. The Morgan fingerprint density at radius 2 is 2.06 bits per heavy atom. The molecular weight excluding hydrogens is 294 g/mol. The van der Waals surface area contributed by atoms with Gasteiger partial charge >= 0.3 is 5.97 Å². The van der Waals surface area contributed by atoms with Crippen LogP contribution in [-0.2, 0) is 4.79 Å². The maximum atomic E-state index is 10.6. The second-order valence-corrected chi connectivity index (χ2v) is 5.42. The summed E-state index contributed by atoms with van der Waals surface area (Å²) >= 11 is 3.50. The van der Waals surface area contributed by atoms with Gasteiger partial charge in [0.05, 0.1) is 0 Å². The lowest BCUT2D eigenvalue weighted by Gasteiger charge is -2.30. The van der Waals surface area contributed by atoms with Crippen molar-refractivity contribution in [3.05, 3.63) is 39.9 Å². The molecule has 0 radical (unpaired) electrons. The molecule has 0 unspecified atom stereocenters. The van der Waals surface area contributed by atoms with Gasteiger partial charge in [-0.05, 0) is 43.5 Å². The van der Waals surface area contributed by atoms with Crippen molar-refractivity contribution in [2.75, 3.05) is 18.0 Å². The summed E-state index contributed by atoms with van der Waals surface area (Å²) in [5, 5.41) is 8.72. The molecule has 0 saturated carbocycles. The number of nitrogens with zero attached hydrogens (tertiary/aromatic N) is 1. The Kier molecular flexibility index (Phi) is 4.07. The van der Waals surface area contributed by atoms with Gasteiger partial charge in [-0.3, -0.25) is 0 Å². The summed E-state index contributed by atoms with van der Waals surface area (Å²) in [5.74, 6) is -0.835. The molecule has 0 bridgehead atoms. The highest BCUT2D eigenvalue weighted by Crippen LogP contribution is 2.26. The summed E-state index contributed by atoms with van der Waals surface area (Å²) < 4.78 is 1.12. The van der Waals surface area contributed by atoms with Gasteiger partial charge in [0.2, 0.25) is 0 Å². The number of hydrogen-bond donors (Lipinski definition) is 1. The molecule has 1 aromatic rings. The largest absolute Gasteiger partial charge is 0.478 e. The predicted molar refractivity (Wildman–Crippen MR) is 76.0 cm³/mol. The van der Waals surface area contributed by atoms with Crippen molar-refractivity contribution in [2.24, 2.45) is 0 Å². The minimum absolute atomic E-state index is 0.835. The summed E-state index contributed by atoms with van der Waals surface area (Å²) in [6.07, 6.45) is 3.02. The van der Waals surface area contributed by atoms with E-state index >= 15 is 0 Å². The van der Waals surface area contributed by atoms with Crippen LogP contribution in [-0.4, -0.2) is 24.2 Å². The number of aryl methyl sites for hydroxylation is 1. The number of hydrogen-bond acceptors (Lipinski definition) is 2. The molecular formula is C14H16BrNO2. The maximum absolute atomic E-state index is 10.6. The van der Waals surface area contributed by atoms with Crippen molar-refractivity contribution in [1.82, 2.24) is 0 Å². The maximum Gasteiger partial charge on any atom is 0.328 e. The Balaban J connectivity index is 2.05. The molecule has 0 atom stereocenters. The van der Waals surface area contributed by atoms with Crippen molar-refractivity contribution in [2.45, 2.75) is 19.8 Å². The SMILES string of the molecule is Cc1cc(N2CCC(=CC(=O)O)CC2)ccc1Br. The Morgan fingerprint density at radius 3 is 2.61 bits per heavy atom. The minimum atomic E-state index is -0.835. The van der Waals surface area contributed by atoms with E-state index in [1.807, 2.05) is 0 Å². The molecule has 0 aliphatic carbocycles. The standard InChI is InChI=1S/C14H16BrNO2/c1-10-8-12(2-3-13(10)15)16-6-4-11(5-7-16)9-14(17)18/h2-3,8-9H,4-7H2,1H3,(H,17,18). The third kappa shape index (κ3) is 3.13. The zero-order valence-corrected chi connectivity index (χ0v) is 11.9. The van der Waals surface area contributed by atoms with E-state index in [0.29, 0.717) is 0 Å². The first-order valence-corrected chi connectivity index (χ1v) is 6.79. The summed E-state index contributed by atoms with van der Waals surface area (Å²) in [5.41, 5.74) is 3.47. The molecule has 1 fully saturated rings. The Labute approximate surface area is 115 Å². The van der Waals surface area contributed by atoms with Crippen LogP contribution in [0.15, 0.2) is 34.3 Å². The van der Waals surface area contributed by atoms with E-state index in [2.05, 4.69) is 46.0 Å². The van der Waals surface area contributed by atoms with Gasteiger partial charge in [0.1, 0.15) is 0 Å². The number of carbonyl (C=O) groups is 1. The molecule has 0 aromatic heterocycles. The van der Waals surface area contributed by atoms with Crippen LogP contribution >= 0.6 is 15.9 Å². The van der Waals surface area contributed by atoms with Crippen LogP contribution in [0.2, 0.25) is 0 Å². The van der Waals surface area contributed by atoms with Crippen LogP contribution < -0.4 is 4.90 Å². The van der Waals surface area contributed by atoms with Gasteiger partial charge in [-0.15, -0.1) is 0 Å². The second kappa shape index (κ2) is 5.57. The van der Waals surface area contributed by atoms with Crippen LogP contribution in [0.3, 0.4) is 0 Å². The molecule has 4 heteroatoms. The van der Waals surface area contributed by atoms with Gasteiger partial charge in [0.25, 0.3) is 0 Å². The number of benzene rings is 1. The fourth-order valence-electron chi connectivity index (χ4n) is 2.20. The third-order valence-corrected chi connectivity index (χ3v) is 4.13. The smallest absolute Gasteiger partial charge is 0.328 e. The predicted octanol–water partition coefficient (Wildman–Crippen LogP) is 3.37. The lowest BCUT2D eigenvalue weighted by Crippen LogP contribution is -2.30. The summed E-state index contributed by atoms with van der Waals surface area (Å²) in [6.45, 7) is 3.85. The van der Waals surface area contributed by atoms with Crippen molar-refractivity contribution in [3.63, 3.8) is 0 Å². The van der Waals surface area contributed by atoms with E-state index < -0.39 is 5.97 Å². The molecule has 1 N–H and O–H groups in total. The van der Waals surface area contributed by atoms with E-state index in [1.165, 1.54) is 17.3 Å². The van der Waals surface area contributed by atoms with Crippen molar-refractivity contribution in [1.29, 1.82) is 0 Å². The molecule has 1 aliphatic heterocycles. The normalized spacial score (nSPS) is 15.7. The Morgan fingerprint density at radius 1 is 1.39 bits per heavy atom. The number of piperidine rings is 1. The Hall–Kier alpha value is -1.29. The molecule has 1 heterocycles. The summed E-state index contributed by atoms with van der Waals surface area (Å²) in [4.78, 5) is 12.9. The van der Waals surface area contributed by atoms with Gasteiger partial charge < -0.3 is 10.0 Å².